The average Bonchev–Trinajstić information content (AvgIpc) is 3.28. The van der Waals surface area contributed by atoms with E-state index in [1.54, 1.807) is 0 Å². The smallest absolute Gasteiger partial charge is 0.353 e. The first-order valence-electron chi connectivity index (χ1n) is 10.3. The zero-order valence-corrected chi connectivity index (χ0v) is 20.5. The molecule has 2 aliphatic rings. The minimum atomic E-state index is -1.20. The third-order valence-electron chi connectivity index (χ3n) is 5.21. The van der Waals surface area contributed by atoms with Gasteiger partial charge in [-0.25, -0.2) is 9.78 Å². The van der Waals surface area contributed by atoms with E-state index >= 15 is 0 Å². The van der Waals surface area contributed by atoms with Crippen molar-refractivity contribution in [1.82, 2.24) is 15.2 Å². The van der Waals surface area contributed by atoms with Gasteiger partial charge in [0.05, 0.1) is 25.6 Å². The van der Waals surface area contributed by atoms with E-state index in [0.717, 1.165) is 11.3 Å². The van der Waals surface area contributed by atoms with Crippen molar-refractivity contribution in [2.45, 2.75) is 35.0 Å². The topological polar surface area (TPSA) is 126 Å². The molecule has 2 atom stereocenters. The van der Waals surface area contributed by atoms with Crippen molar-refractivity contribution in [3.05, 3.63) is 57.6 Å². The molecule has 0 aliphatic carbocycles. The molecule has 178 valence electrons. The van der Waals surface area contributed by atoms with Crippen LogP contribution in [0, 0.1) is 0 Å². The van der Waals surface area contributed by atoms with Gasteiger partial charge in [-0.1, -0.05) is 42.1 Å². The number of nitrogens with one attached hydrogen (secondary N) is 1. The van der Waals surface area contributed by atoms with Crippen molar-refractivity contribution in [3.63, 3.8) is 0 Å². The molecule has 0 unspecified atom stereocenters. The quantitative estimate of drug-likeness (QED) is 0.379. The van der Waals surface area contributed by atoms with Crippen LogP contribution in [0.4, 0.5) is 0 Å². The highest BCUT2D eigenvalue weighted by Crippen LogP contribution is 2.45. The van der Waals surface area contributed by atoms with Gasteiger partial charge in [0, 0.05) is 22.5 Å². The maximum Gasteiger partial charge on any atom is 0.353 e. The fraction of sp³-hybridized carbons (Fsp3) is 0.318. The summed E-state index contributed by atoms with van der Waals surface area (Å²) in [5.74, 6) is -1.87. The Morgan fingerprint density at radius 2 is 2.06 bits per heavy atom. The van der Waals surface area contributed by atoms with E-state index in [1.807, 2.05) is 35.7 Å². The van der Waals surface area contributed by atoms with Gasteiger partial charge in [-0.15, -0.1) is 23.1 Å². The summed E-state index contributed by atoms with van der Waals surface area (Å²) in [7, 11) is 1.33. The van der Waals surface area contributed by atoms with Gasteiger partial charge < -0.3 is 15.2 Å². The number of amides is 2. The lowest BCUT2D eigenvalue weighted by molar-refractivity contribution is -0.150. The summed E-state index contributed by atoms with van der Waals surface area (Å²) in [6.45, 7) is 0. The molecular weight excluding hydrogens is 498 g/mol. The molecule has 3 heterocycles. The number of ether oxygens (including phenoxy) is 1. The average molecular weight is 520 g/mol. The second-order valence-electron chi connectivity index (χ2n) is 7.48. The molecule has 2 amide bonds. The number of carbonyl (C=O) groups is 4. The highest BCUT2D eigenvalue weighted by atomic mass is 32.2. The van der Waals surface area contributed by atoms with Crippen LogP contribution in [0.25, 0.3) is 0 Å². The van der Waals surface area contributed by atoms with Crippen LogP contribution >= 0.6 is 34.9 Å². The summed E-state index contributed by atoms with van der Waals surface area (Å²) >= 11 is 3.97. The number of hydrogen-bond acceptors (Lipinski definition) is 9. The molecule has 1 fully saturated rings. The lowest BCUT2D eigenvalue weighted by atomic mass is 10.0. The number of rotatable bonds is 9. The number of carboxylic acids is 1. The third-order valence-corrected chi connectivity index (χ3v) is 8.75. The highest BCUT2D eigenvalue weighted by Gasteiger charge is 2.54. The summed E-state index contributed by atoms with van der Waals surface area (Å²) in [6, 6.07) is 8.44. The van der Waals surface area contributed by atoms with Crippen molar-refractivity contribution >= 4 is 58.6 Å². The number of aromatic nitrogens is 1. The predicted molar refractivity (Wildman–Crippen MR) is 128 cm³/mol. The number of thioether (sulfide) groups is 2. The molecular formula is C22H21N3O6S3. The Kier molecular flexibility index (Phi) is 7.59. The number of fused-ring (bicyclic) bond motifs is 1. The standard InChI is InChI=1S/C22H21N3O6S3/c1-31-16(27)8-7-13-10-33-22(23-13)34-14-11-32-20-17(19(28)25(20)18(14)21(29)30)24-15(26)9-12-5-3-2-4-6-12/h2-6,10,17,20H,7-9,11H2,1H3,(H,24,26)(H,29,30)/t17-,20-/m1/s1. The Balaban J connectivity index is 1.42. The molecule has 1 aromatic carbocycles. The highest BCUT2D eigenvalue weighted by molar-refractivity contribution is 8.07. The lowest BCUT2D eigenvalue weighted by Crippen LogP contribution is -2.70. The van der Waals surface area contributed by atoms with Gasteiger partial charge in [-0.2, -0.15) is 0 Å². The Morgan fingerprint density at radius 3 is 2.76 bits per heavy atom. The molecule has 34 heavy (non-hydrogen) atoms. The lowest BCUT2D eigenvalue weighted by Gasteiger charge is -2.49. The normalized spacial score (nSPS) is 19.3. The number of hydrogen-bond donors (Lipinski definition) is 2. The van der Waals surface area contributed by atoms with Gasteiger partial charge in [0.25, 0.3) is 5.91 Å². The second kappa shape index (κ2) is 10.6. The van der Waals surface area contributed by atoms with Crippen molar-refractivity contribution in [3.8, 4) is 0 Å². The van der Waals surface area contributed by atoms with Crippen LogP contribution in [-0.2, 0) is 36.8 Å². The summed E-state index contributed by atoms with van der Waals surface area (Å²) in [5.41, 5.74) is 1.48. The van der Waals surface area contributed by atoms with Crippen LogP contribution in [0.3, 0.4) is 0 Å². The molecule has 4 rings (SSSR count). The Hall–Kier alpha value is -2.83. The number of thiazole rings is 1. The van der Waals surface area contributed by atoms with E-state index in [2.05, 4.69) is 15.0 Å². The fourth-order valence-corrected chi connectivity index (χ4v) is 7.07. The SMILES string of the molecule is COC(=O)CCc1csc(SC2=C(C(=O)O)N3C(=O)[C@@H](NC(=O)Cc4ccccc4)[C@H]3SC2)n1. The first-order valence-corrected chi connectivity index (χ1v) is 13.1. The maximum atomic E-state index is 12.8. The van der Waals surface area contributed by atoms with Gasteiger partial charge in [0.15, 0.2) is 4.34 Å². The summed E-state index contributed by atoms with van der Waals surface area (Å²) in [5, 5.41) is 13.9. The van der Waals surface area contributed by atoms with Crippen LogP contribution in [0.2, 0.25) is 0 Å². The van der Waals surface area contributed by atoms with Crippen LogP contribution in [-0.4, -0.2) is 63.0 Å². The first kappa shape index (κ1) is 24.3. The molecule has 2 aromatic rings. The van der Waals surface area contributed by atoms with Crippen molar-refractivity contribution < 1.29 is 29.0 Å². The molecule has 9 nitrogen and oxygen atoms in total. The number of methoxy groups -OCH3 is 1. The summed E-state index contributed by atoms with van der Waals surface area (Å²) < 4.78 is 5.27. The number of nitrogens with zero attached hydrogens (tertiary/aromatic N) is 2. The number of aryl methyl sites for hydroxylation is 1. The Bertz CT molecular complexity index is 1150. The van der Waals surface area contributed by atoms with Crippen LogP contribution in [0.15, 0.2) is 50.7 Å². The number of benzene rings is 1. The summed E-state index contributed by atoms with van der Waals surface area (Å²) in [6.07, 6.45) is 0.790. The molecule has 0 bridgehead atoms. The maximum absolute atomic E-state index is 12.8. The molecule has 1 aromatic heterocycles. The molecule has 2 aliphatic heterocycles. The van der Waals surface area contributed by atoms with E-state index in [-0.39, 0.29) is 30.4 Å². The van der Waals surface area contributed by atoms with Crippen molar-refractivity contribution in [2.75, 3.05) is 12.9 Å². The van der Waals surface area contributed by atoms with E-state index < -0.39 is 23.3 Å². The van der Waals surface area contributed by atoms with Gasteiger partial charge in [0.1, 0.15) is 17.1 Å². The number of carbonyl (C=O) groups excluding carboxylic acids is 3. The van der Waals surface area contributed by atoms with Crippen molar-refractivity contribution in [2.24, 2.45) is 0 Å². The van der Waals surface area contributed by atoms with Crippen LogP contribution in [0.1, 0.15) is 17.7 Å². The minimum Gasteiger partial charge on any atom is -0.477 e. The van der Waals surface area contributed by atoms with Crippen molar-refractivity contribution in [1.29, 1.82) is 0 Å². The van der Waals surface area contributed by atoms with Crippen LogP contribution in [0.5, 0.6) is 0 Å². The summed E-state index contributed by atoms with van der Waals surface area (Å²) in [4.78, 5) is 54.8. The van der Waals surface area contributed by atoms with Gasteiger partial charge in [-0.05, 0) is 5.56 Å². The van der Waals surface area contributed by atoms with Gasteiger partial charge in [0.2, 0.25) is 5.91 Å². The van der Waals surface area contributed by atoms with E-state index in [0.29, 0.717) is 21.4 Å². The number of β-lactam (4-membered cyclic amide) rings is 1. The largest absolute Gasteiger partial charge is 0.477 e. The Morgan fingerprint density at radius 1 is 1.29 bits per heavy atom. The number of esters is 1. The monoisotopic (exact) mass is 519 g/mol. The minimum absolute atomic E-state index is 0.0707. The molecule has 12 heteroatoms. The molecule has 0 radical (unpaired) electrons. The van der Waals surface area contributed by atoms with E-state index in [4.69, 9.17) is 0 Å². The fourth-order valence-electron chi connectivity index (χ4n) is 3.56. The molecule has 1 saturated heterocycles. The molecule has 0 spiro atoms. The molecule has 0 saturated carbocycles. The predicted octanol–water partition coefficient (Wildman–Crippen LogP) is 2.28. The zero-order valence-electron chi connectivity index (χ0n) is 18.1. The first-order chi connectivity index (χ1) is 16.4. The number of carboxylic acid groups (broad SMARTS) is 1. The van der Waals surface area contributed by atoms with E-state index in [9.17, 15) is 24.3 Å². The molecule has 2 N–H and O–H groups in total. The third kappa shape index (κ3) is 5.29. The second-order valence-corrected chi connectivity index (χ2v) is 10.8. The van der Waals surface area contributed by atoms with E-state index in [1.165, 1.54) is 46.9 Å². The zero-order chi connectivity index (χ0) is 24.2. The Labute approximate surface area is 208 Å². The van der Waals surface area contributed by atoms with Crippen LogP contribution < -0.4 is 5.32 Å². The number of aliphatic carboxylic acids is 1. The van der Waals surface area contributed by atoms with Gasteiger partial charge in [-0.3, -0.25) is 19.3 Å². The van der Waals surface area contributed by atoms with Gasteiger partial charge >= 0.3 is 11.9 Å².